The van der Waals surface area contributed by atoms with E-state index in [0.717, 1.165) is 25.5 Å². The summed E-state index contributed by atoms with van der Waals surface area (Å²) in [6.45, 7) is 4.03. The molecule has 0 unspecified atom stereocenters. The quantitative estimate of drug-likeness (QED) is 0.292. The van der Waals surface area contributed by atoms with Gasteiger partial charge in [-0.3, -0.25) is 4.99 Å². The van der Waals surface area contributed by atoms with Gasteiger partial charge in [0.15, 0.2) is 5.96 Å². The number of rotatable bonds is 8. The Balaban J connectivity index is 0.00000400. The summed E-state index contributed by atoms with van der Waals surface area (Å²) in [5.41, 5.74) is 2.69. The van der Waals surface area contributed by atoms with Crippen molar-refractivity contribution in [2.24, 2.45) is 4.99 Å². The summed E-state index contributed by atoms with van der Waals surface area (Å²) in [7, 11) is 1.82. The van der Waals surface area contributed by atoms with Crippen LogP contribution in [0.15, 0.2) is 29.3 Å². The average molecular weight is 421 g/mol. The Bertz CT molecular complexity index is 410. The molecular formula is C16H28IN3S. The van der Waals surface area contributed by atoms with Gasteiger partial charge in [-0.05, 0) is 43.8 Å². The van der Waals surface area contributed by atoms with Crippen molar-refractivity contribution in [3.8, 4) is 0 Å². The minimum absolute atomic E-state index is 0. The van der Waals surface area contributed by atoms with Gasteiger partial charge >= 0.3 is 0 Å². The van der Waals surface area contributed by atoms with Gasteiger partial charge in [0, 0.05) is 20.1 Å². The number of thioether (sulfide) groups is 1. The van der Waals surface area contributed by atoms with E-state index in [1.54, 1.807) is 0 Å². The van der Waals surface area contributed by atoms with Crippen molar-refractivity contribution in [1.29, 1.82) is 0 Å². The maximum absolute atomic E-state index is 4.24. The maximum Gasteiger partial charge on any atom is 0.190 e. The predicted molar refractivity (Wildman–Crippen MR) is 107 cm³/mol. The Kier molecular flexibility index (Phi) is 13.0. The highest BCUT2D eigenvalue weighted by Crippen LogP contribution is 2.03. The fraction of sp³-hybridized carbons (Fsp3) is 0.562. The number of unbranched alkanes of at least 4 members (excludes halogenated alkanes) is 1. The summed E-state index contributed by atoms with van der Waals surface area (Å²) >= 11 is 1.91. The lowest BCUT2D eigenvalue weighted by Gasteiger charge is -2.11. The molecule has 0 atom stereocenters. The molecule has 0 aliphatic heterocycles. The second-order valence-corrected chi connectivity index (χ2v) is 5.85. The van der Waals surface area contributed by atoms with Crippen LogP contribution in [0.25, 0.3) is 0 Å². The molecule has 0 saturated heterocycles. The molecule has 21 heavy (non-hydrogen) atoms. The van der Waals surface area contributed by atoms with Crippen LogP contribution in [0.5, 0.6) is 0 Å². The van der Waals surface area contributed by atoms with Gasteiger partial charge in [0.1, 0.15) is 0 Å². The van der Waals surface area contributed by atoms with Crippen LogP contribution in [0, 0.1) is 6.92 Å². The molecule has 0 bridgehead atoms. The van der Waals surface area contributed by atoms with Crippen molar-refractivity contribution in [1.82, 2.24) is 10.6 Å². The SMILES string of the molecule is CN=C(NCCCCSC)NCCc1cccc(C)c1.I. The third kappa shape index (κ3) is 10.0. The zero-order valence-corrected chi connectivity index (χ0v) is 16.5. The third-order valence-corrected chi connectivity index (χ3v) is 3.78. The van der Waals surface area contributed by atoms with E-state index in [2.05, 4.69) is 53.1 Å². The number of nitrogens with zero attached hydrogens (tertiary/aromatic N) is 1. The molecule has 0 radical (unpaired) electrons. The first-order valence-corrected chi connectivity index (χ1v) is 8.64. The Morgan fingerprint density at radius 1 is 1.19 bits per heavy atom. The summed E-state index contributed by atoms with van der Waals surface area (Å²) in [5, 5.41) is 6.72. The Labute approximate surface area is 150 Å². The molecule has 5 heteroatoms. The highest BCUT2D eigenvalue weighted by molar-refractivity contribution is 14.0. The summed E-state index contributed by atoms with van der Waals surface area (Å²) in [4.78, 5) is 4.24. The minimum atomic E-state index is 0. The van der Waals surface area contributed by atoms with Gasteiger partial charge in [0.25, 0.3) is 0 Å². The van der Waals surface area contributed by atoms with Crippen molar-refractivity contribution in [3.05, 3.63) is 35.4 Å². The van der Waals surface area contributed by atoms with E-state index in [0.29, 0.717) is 0 Å². The first-order valence-electron chi connectivity index (χ1n) is 7.25. The number of nitrogens with one attached hydrogen (secondary N) is 2. The molecule has 3 nitrogen and oxygen atoms in total. The van der Waals surface area contributed by atoms with Crippen molar-refractivity contribution in [3.63, 3.8) is 0 Å². The van der Waals surface area contributed by atoms with Crippen LogP contribution in [-0.4, -0.2) is 38.1 Å². The van der Waals surface area contributed by atoms with Gasteiger partial charge < -0.3 is 10.6 Å². The highest BCUT2D eigenvalue weighted by Gasteiger charge is 1.98. The molecule has 0 amide bonds. The molecule has 0 heterocycles. The normalized spacial score (nSPS) is 10.9. The molecule has 0 saturated carbocycles. The summed E-state index contributed by atoms with van der Waals surface area (Å²) in [5.74, 6) is 2.14. The molecule has 0 aromatic heterocycles. The second-order valence-electron chi connectivity index (χ2n) is 4.86. The second kappa shape index (κ2) is 13.2. The maximum atomic E-state index is 4.24. The van der Waals surface area contributed by atoms with Gasteiger partial charge in [-0.1, -0.05) is 29.8 Å². The average Bonchev–Trinajstić information content (AvgIpc) is 2.45. The number of aryl methyl sites for hydroxylation is 1. The lowest BCUT2D eigenvalue weighted by atomic mass is 10.1. The number of benzene rings is 1. The van der Waals surface area contributed by atoms with Crippen molar-refractivity contribution in [2.75, 3.05) is 32.1 Å². The molecule has 2 N–H and O–H groups in total. The monoisotopic (exact) mass is 421 g/mol. The molecule has 1 rings (SSSR count). The highest BCUT2D eigenvalue weighted by atomic mass is 127. The van der Waals surface area contributed by atoms with Crippen LogP contribution < -0.4 is 10.6 Å². The molecule has 0 fully saturated rings. The zero-order chi connectivity index (χ0) is 14.6. The van der Waals surface area contributed by atoms with Crippen LogP contribution in [0.4, 0.5) is 0 Å². The van der Waals surface area contributed by atoms with Crippen LogP contribution in [0.3, 0.4) is 0 Å². The lowest BCUT2D eigenvalue weighted by Crippen LogP contribution is -2.38. The topological polar surface area (TPSA) is 36.4 Å². The Morgan fingerprint density at radius 2 is 1.95 bits per heavy atom. The van der Waals surface area contributed by atoms with E-state index in [1.165, 1.54) is 29.7 Å². The number of guanidine groups is 1. The molecule has 0 spiro atoms. The molecular weight excluding hydrogens is 393 g/mol. The molecule has 0 aliphatic rings. The van der Waals surface area contributed by atoms with Gasteiger partial charge in [-0.15, -0.1) is 24.0 Å². The molecule has 120 valence electrons. The Morgan fingerprint density at radius 3 is 2.62 bits per heavy atom. The molecule has 1 aromatic carbocycles. The minimum Gasteiger partial charge on any atom is -0.356 e. The van der Waals surface area contributed by atoms with E-state index >= 15 is 0 Å². The Hall–Kier alpha value is -0.430. The van der Waals surface area contributed by atoms with Crippen molar-refractivity contribution in [2.45, 2.75) is 26.2 Å². The standard InChI is InChI=1S/C16H27N3S.HI/c1-14-7-6-8-15(13-14)9-11-19-16(17-2)18-10-4-5-12-20-3;/h6-8,13H,4-5,9-12H2,1-3H3,(H2,17,18,19);1H. The predicted octanol–water partition coefficient (Wildman–Crippen LogP) is 3.46. The summed E-state index contributed by atoms with van der Waals surface area (Å²) in [6.07, 6.45) is 5.63. The molecule has 1 aromatic rings. The number of aliphatic imine (C=N–C) groups is 1. The van der Waals surface area contributed by atoms with Gasteiger partial charge in [-0.2, -0.15) is 11.8 Å². The number of hydrogen-bond donors (Lipinski definition) is 2. The fourth-order valence-corrected chi connectivity index (χ4v) is 2.48. The first-order chi connectivity index (χ1) is 9.76. The summed E-state index contributed by atoms with van der Waals surface area (Å²) in [6, 6.07) is 8.66. The van der Waals surface area contributed by atoms with Crippen LogP contribution >= 0.6 is 35.7 Å². The molecule has 0 aliphatic carbocycles. The van der Waals surface area contributed by atoms with E-state index in [1.807, 2.05) is 18.8 Å². The van der Waals surface area contributed by atoms with Crippen molar-refractivity contribution < 1.29 is 0 Å². The summed E-state index contributed by atoms with van der Waals surface area (Å²) < 4.78 is 0. The first kappa shape index (κ1) is 20.6. The van der Waals surface area contributed by atoms with E-state index < -0.39 is 0 Å². The number of halogens is 1. The van der Waals surface area contributed by atoms with Crippen molar-refractivity contribution >= 4 is 41.7 Å². The van der Waals surface area contributed by atoms with E-state index in [-0.39, 0.29) is 24.0 Å². The van der Waals surface area contributed by atoms with E-state index in [9.17, 15) is 0 Å². The largest absolute Gasteiger partial charge is 0.356 e. The van der Waals surface area contributed by atoms with Gasteiger partial charge in [0.2, 0.25) is 0 Å². The van der Waals surface area contributed by atoms with Gasteiger partial charge in [0.05, 0.1) is 0 Å². The van der Waals surface area contributed by atoms with E-state index in [4.69, 9.17) is 0 Å². The third-order valence-electron chi connectivity index (χ3n) is 3.08. The van der Waals surface area contributed by atoms with Gasteiger partial charge in [-0.25, -0.2) is 0 Å². The smallest absolute Gasteiger partial charge is 0.190 e. The zero-order valence-electron chi connectivity index (χ0n) is 13.3. The van der Waals surface area contributed by atoms with Crippen LogP contribution in [-0.2, 0) is 6.42 Å². The van der Waals surface area contributed by atoms with Crippen LogP contribution in [0.2, 0.25) is 0 Å². The van der Waals surface area contributed by atoms with Crippen LogP contribution in [0.1, 0.15) is 24.0 Å². The fourth-order valence-electron chi connectivity index (χ4n) is 1.99. The number of hydrogen-bond acceptors (Lipinski definition) is 2. The lowest BCUT2D eigenvalue weighted by molar-refractivity contribution is 0.730.